The number of carbonyl (C=O) groups is 1. The Hall–Kier alpha value is -3.57. The number of aryl methyl sites for hydroxylation is 2. The maximum Gasteiger partial charge on any atom is 0.335 e. The molecule has 1 saturated heterocycles. The van der Waals surface area contributed by atoms with E-state index in [4.69, 9.17) is 0 Å². The first-order valence-electron chi connectivity index (χ1n) is 12.9. The van der Waals surface area contributed by atoms with Gasteiger partial charge in [0.2, 0.25) is 0 Å². The lowest BCUT2D eigenvalue weighted by atomic mass is 9.86. The summed E-state index contributed by atoms with van der Waals surface area (Å²) < 4.78 is 27.8. The first-order valence-corrected chi connectivity index (χ1v) is 12.9. The third-order valence-corrected chi connectivity index (χ3v) is 7.34. The Labute approximate surface area is 216 Å². The van der Waals surface area contributed by atoms with E-state index in [-0.39, 0.29) is 18.1 Å². The van der Waals surface area contributed by atoms with E-state index in [1.54, 1.807) is 25.1 Å². The maximum absolute atomic E-state index is 15.4. The average Bonchev–Trinajstić information content (AvgIpc) is 3.06. The molecule has 3 aromatic rings. The van der Waals surface area contributed by atoms with Gasteiger partial charge in [-0.1, -0.05) is 54.6 Å². The summed E-state index contributed by atoms with van der Waals surface area (Å²) in [5.41, 5.74) is 8.77. The first-order chi connectivity index (χ1) is 17.9. The summed E-state index contributed by atoms with van der Waals surface area (Å²) in [7, 11) is 0. The largest absolute Gasteiger partial charge is 0.478 e. The summed E-state index contributed by atoms with van der Waals surface area (Å²) in [6, 6.07) is 19.1. The van der Waals surface area contributed by atoms with Gasteiger partial charge in [0, 0.05) is 25.2 Å². The SMILES string of the molecule is Cc1cccc(C2=C(c3ccc(C=C4CN(CCCF)C4)cc3)c3ccc(C(=O)O)cc3CCC2)c1F. The predicted molar refractivity (Wildman–Crippen MR) is 145 cm³/mol. The third kappa shape index (κ3) is 5.28. The molecule has 0 saturated carbocycles. The van der Waals surface area contributed by atoms with Gasteiger partial charge in [-0.25, -0.2) is 9.18 Å². The van der Waals surface area contributed by atoms with Crippen LogP contribution in [0.15, 0.2) is 66.2 Å². The predicted octanol–water partition coefficient (Wildman–Crippen LogP) is 7.19. The second-order valence-corrected chi connectivity index (χ2v) is 10.00. The van der Waals surface area contributed by atoms with Crippen LogP contribution < -0.4 is 0 Å². The van der Waals surface area contributed by atoms with Gasteiger partial charge in [0.25, 0.3) is 0 Å². The number of hydrogen-bond acceptors (Lipinski definition) is 2. The fourth-order valence-corrected chi connectivity index (χ4v) is 5.44. The topological polar surface area (TPSA) is 40.5 Å². The van der Waals surface area contributed by atoms with Crippen molar-refractivity contribution in [3.8, 4) is 0 Å². The van der Waals surface area contributed by atoms with Crippen molar-refractivity contribution < 1.29 is 18.7 Å². The molecule has 0 bridgehead atoms. The van der Waals surface area contributed by atoms with Gasteiger partial charge in [0.05, 0.1) is 12.2 Å². The van der Waals surface area contributed by atoms with E-state index < -0.39 is 5.97 Å². The highest BCUT2D eigenvalue weighted by Crippen LogP contribution is 2.41. The molecule has 0 spiro atoms. The van der Waals surface area contributed by atoms with Gasteiger partial charge in [-0.05, 0) is 89.3 Å². The molecule has 2 aliphatic rings. The van der Waals surface area contributed by atoms with Crippen molar-refractivity contribution in [1.82, 2.24) is 4.90 Å². The van der Waals surface area contributed by atoms with Gasteiger partial charge in [-0.3, -0.25) is 9.29 Å². The smallest absolute Gasteiger partial charge is 0.335 e. The molecule has 5 heteroatoms. The van der Waals surface area contributed by atoms with Crippen LogP contribution in [0.4, 0.5) is 8.78 Å². The minimum Gasteiger partial charge on any atom is -0.478 e. The van der Waals surface area contributed by atoms with Crippen LogP contribution in [-0.4, -0.2) is 42.3 Å². The lowest BCUT2D eigenvalue weighted by Crippen LogP contribution is -2.40. The molecule has 3 nitrogen and oxygen atoms in total. The second kappa shape index (κ2) is 10.8. The molecule has 0 aromatic heterocycles. The Morgan fingerprint density at radius 2 is 1.81 bits per heavy atom. The van der Waals surface area contributed by atoms with Crippen LogP contribution in [0, 0.1) is 12.7 Å². The maximum atomic E-state index is 15.4. The summed E-state index contributed by atoms with van der Waals surface area (Å²) in [6.45, 7) is 4.06. The van der Waals surface area contributed by atoms with E-state index in [2.05, 4.69) is 35.2 Å². The minimum absolute atomic E-state index is 0.204. The number of nitrogens with zero attached hydrogens (tertiary/aromatic N) is 1. The number of benzene rings is 3. The van der Waals surface area contributed by atoms with Crippen molar-refractivity contribution in [3.63, 3.8) is 0 Å². The highest BCUT2D eigenvalue weighted by Gasteiger charge is 2.24. The molecule has 190 valence electrons. The third-order valence-electron chi connectivity index (χ3n) is 7.34. The number of fused-ring (bicyclic) bond motifs is 1. The summed E-state index contributed by atoms with van der Waals surface area (Å²) in [4.78, 5) is 13.9. The first kappa shape index (κ1) is 25.1. The molecule has 1 fully saturated rings. The number of carboxylic acids is 1. The van der Waals surface area contributed by atoms with Crippen molar-refractivity contribution in [3.05, 3.63) is 111 Å². The molecule has 1 aliphatic carbocycles. The standard InChI is InChI=1S/C32H31F2NO2/c1-21-5-2-8-29(31(21)34)28-7-3-6-25-18-26(32(36)37)13-14-27(25)30(28)24-11-9-22(10-12-24)17-23-19-35(20-23)16-4-15-33/h2,5,8-14,17-18H,3-4,6-7,15-16,19-20H2,1H3,(H,36,37). The monoisotopic (exact) mass is 499 g/mol. The quantitative estimate of drug-likeness (QED) is 0.374. The summed E-state index contributed by atoms with van der Waals surface area (Å²) in [5, 5.41) is 9.54. The van der Waals surface area contributed by atoms with E-state index in [1.165, 1.54) is 5.57 Å². The summed E-state index contributed by atoms with van der Waals surface area (Å²) in [6.07, 6.45) is 5.01. The van der Waals surface area contributed by atoms with Gasteiger partial charge < -0.3 is 5.11 Å². The lowest BCUT2D eigenvalue weighted by Gasteiger charge is -2.33. The molecule has 1 heterocycles. The van der Waals surface area contributed by atoms with Crippen LogP contribution in [0.5, 0.6) is 0 Å². The Balaban J connectivity index is 1.56. The summed E-state index contributed by atoms with van der Waals surface area (Å²) in [5.74, 6) is -1.15. The number of likely N-dealkylation sites (tertiary alicyclic amines) is 1. The van der Waals surface area contributed by atoms with E-state index in [0.29, 0.717) is 24.0 Å². The molecule has 37 heavy (non-hydrogen) atoms. The fraction of sp³-hybridized carbons (Fsp3) is 0.281. The Morgan fingerprint density at radius 1 is 1.03 bits per heavy atom. The van der Waals surface area contributed by atoms with Gasteiger partial charge in [0.1, 0.15) is 5.82 Å². The summed E-state index contributed by atoms with van der Waals surface area (Å²) >= 11 is 0. The molecular weight excluding hydrogens is 468 g/mol. The fourth-order valence-electron chi connectivity index (χ4n) is 5.44. The zero-order valence-electron chi connectivity index (χ0n) is 21.1. The number of alkyl halides is 1. The van der Waals surface area contributed by atoms with Crippen molar-refractivity contribution in [2.75, 3.05) is 26.3 Å². The zero-order chi connectivity index (χ0) is 25.9. The molecule has 0 amide bonds. The van der Waals surface area contributed by atoms with Crippen molar-refractivity contribution in [1.29, 1.82) is 0 Å². The van der Waals surface area contributed by atoms with Crippen LogP contribution in [0.1, 0.15) is 63.0 Å². The van der Waals surface area contributed by atoms with Crippen LogP contribution in [0.25, 0.3) is 17.2 Å². The Kier molecular flexibility index (Phi) is 7.33. The van der Waals surface area contributed by atoms with Crippen molar-refractivity contribution in [2.45, 2.75) is 32.6 Å². The molecule has 0 unspecified atom stereocenters. The van der Waals surface area contributed by atoms with Crippen molar-refractivity contribution in [2.24, 2.45) is 0 Å². The zero-order valence-corrected chi connectivity index (χ0v) is 21.1. The molecule has 1 aliphatic heterocycles. The van der Waals surface area contributed by atoms with E-state index >= 15 is 4.39 Å². The van der Waals surface area contributed by atoms with Gasteiger partial charge in [-0.2, -0.15) is 0 Å². The number of rotatable bonds is 7. The second-order valence-electron chi connectivity index (χ2n) is 10.00. The Bertz CT molecular complexity index is 1380. The molecular formula is C32H31F2NO2. The van der Waals surface area contributed by atoms with Crippen LogP contribution in [0.3, 0.4) is 0 Å². The molecule has 0 atom stereocenters. The van der Waals surface area contributed by atoms with Crippen LogP contribution >= 0.6 is 0 Å². The molecule has 0 radical (unpaired) electrons. The van der Waals surface area contributed by atoms with Crippen molar-refractivity contribution >= 4 is 23.2 Å². The highest BCUT2D eigenvalue weighted by atomic mass is 19.1. The van der Waals surface area contributed by atoms with E-state index in [0.717, 1.165) is 65.9 Å². The number of carboxylic acid groups (broad SMARTS) is 1. The lowest BCUT2D eigenvalue weighted by molar-refractivity contribution is 0.0696. The average molecular weight is 500 g/mol. The molecule has 3 aromatic carbocycles. The van der Waals surface area contributed by atoms with Gasteiger partial charge >= 0.3 is 5.97 Å². The Morgan fingerprint density at radius 3 is 2.54 bits per heavy atom. The molecule has 1 N–H and O–H groups in total. The number of halogens is 2. The normalized spacial score (nSPS) is 15.7. The number of hydrogen-bond donors (Lipinski definition) is 1. The number of allylic oxidation sites excluding steroid dienone is 1. The molecule has 5 rings (SSSR count). The van der Waals surface area contributed by atoms with E-state index in [9.17, 15) is 14.3 Å². The van der Waals surface area contributed by atoms with E-state index in [1.807, 2.05) is 18.2 Å². The highest BCUT2D eigenvalue weighted by molar-refractivity contribution is 6.01. The minimum atomic E-state index is -0.945. The van der Waals surface area contributed by atoms with Gasteiger partial charge in [0.15, 0.2) is 0 Å². The number of aromatic carboxylic acids is 1. The van der Waals surface area contributed by atoms with Crippen LogP contribution in [-0.2, 0) is 6.42 Å². The van der Waals surface area contributed by atoms with Gasteiger partial charge in [-0.15, -0.1) is 0 Å². The van der Waals surface area contributed by atoms with Crippen LogP contribution in [0.2, 0.25) is 0 Å².